The predicted molar refractivity (Wildman–Crippen MR) is 69.5 cm³/mol. The van der Waals surface area contributed by atoms with Gasteiger partial charge in [0.15, 0.2) is 0 Å². The van der Waals surface area contributed by atoms with Crippen molar-refractivity contribution in [1.82, 2.24) is 4.98 Å². The molecule has 88 valence electrons. The van der Waals surface area contributed by atoms with E-state index in [0.29, 0.717) is 0 Å². The normalized spacial score (nSPS) is 12.1. The predicted octanol–water partition coefficient (Wildman–Crippen LogP) is 3.61. The molecule has 0 bridgehead atoms. The number of halogens is 1. The largest absolute Gasteiger partial charge is 0.497 e. The Bertz CT molecular complexity index is 455. The highest BCUT2D eigenvalue weighted by atomic mass is 35.5. The summed E-state index contributed by atoms with van der Waals surface area (Å²) in [6.07, 6.45) is 4.35. The fourth-order valence-corrected chi connectivity index (χ4v) is 1.95. The zero-order chi connectivity index (χ0) is 12.1. The molecule has 0 amide bonds. The average molecular weight is 248 g/mol. The smallest absolute Gasteiger partial charge is 0.118 e. The molecule has 0 aliphatic heterocycles. The van der Waals surface area contributed by atoms with Gasteiger partial charge < -0.3 is 4.74 Å². The summed E-state index contributed by atoms with van der Waals surface area (Å²) in [5, 5.41) is -0.0444. The van der Waals surface area contributed by atoms with Crippen molar-refractivity contribution in [1.29, 1.82) is 0 Å². The topological polar surface area (TPSA) is 22.1 Å². The van der Waals surface area contributed by atoms with E-state index in [2.05, 4.69) is 4.98 Å². The number of ether oxygens (including phenoxy) is 1. The molecule has 1 aromatic carbocycles. The summed E-state index contributed by atoms with van der Waals surface area (Å²) in [6, 6.07) is 11.9. The minimum atomic E-state index is -0.0444. The van der Waals surface area contributed by atoms with Crippen molar-refractivity contribution in [2.24, 2.45) is 0 Å². The molecule has 2 nitrogen and oxygen atoms in total. The van der Waals surface area contributed by atoms with Crippen LogP contribution in [-0.4, -0.2) is 12.1 Å². The van der Waals surface area contributed by atoms with E-state index in [-0.39, 0.29) is 5.38 Å². The second-order valence-corrected chi connectivity index (χ2v) is 4.33. The fourth-order valence-electron chi connectivity index (χ4n) is 1.65. The van der Waals surface area contributed by atoms with Crippen molar-refractivity contribution in [2.75, 3.05) is 7.11 Å². The third-order valence-electron chi connectivity index (χ3n) is 2.62. The van der Waals surface area contributed by atoms with Crippen LogP contribution in [-0.2, 0) is 6.42 Å². The summed E-state index contributed by atoms with van der Waals surface area (Å²) in [5.41, 5.74) is 2.24. The van der Waals surface area contributed by atoms with Gasteiger partial charge in [0.25, 0.3) is 0 Å². The first-order valence-corrected chi connectivity index (χ1v) is 5.90. The molecule has 0 saturated carbocycles. The van der Waals surface area contributed by atoms with Crippen LogP contribution in [0.5, 0.6) is 5.75 Å². The van der Waals surface area contributed by atoms with Crippen molar-refractivity contribution in [3.63, 3.8) is 0 Å². The van der Waals surface area contributed by atoms with Gasteiger partial charge in [0.05, 0.1) is 12.5 Å². The van der Waals surface area contributed by atoms with E-state index in [9.17, 15) is 0 Å². The Labute approximate surface area is 106 Å². The Hall–Kier alpha value is -1.54. The number of nitrogens with zero attached hydrogens (tertiary/aromatic N) is 1. The maximum Gasteiger partial charge on any atom is 0.118 e. The molecule has 17 heavy (non-hydrogen) atoms. The molecule has 1 aromatic heterocycles. The Kier molecular flexibility index (Phi) is 3.99. The van der Waals surface area contributed by atoms with Crippen LogP contribution >= 0.6 is 11.6 Å². The van der Waals surface area contributed by atoms with Gasteiger partial charge in [-0.1, -0.05) is 18.2 Å². The maximum absolute atomic E-state index is 6.34. The molecule has 0 saturated heterocycles. The van der Waals surface area contributed by atoms with Gasteiger partial charge >= 0.3 is 0 Å². The minimum Gasteiger partial charge on any atom is -0.497 e. The van der Waals surface area contributed by atoms with Gasteiger partial charge in [-0.15, -0.1) is 11.6 Å². The number of hydrogen-bond donors (Lipinski definition) is 0. The molecule has 0 radical (unpaired) electrons. The molecule has 0 aliphatic rings. The summed E-state index contributed by atoms with van der Waals surface area (Å²) < 4.78 is 5.12. The van der Waals surface area contributed by atoms with E-state index in [1.165, 1.54) is 5.56 Å². The van der Waals surface area contributed by atoms with Crippen LogP contribution in [0, 0.1) is 0 Å². The molecule has 0 aliphatic carbocycles. The molecule has 0 fully saturated rings. The minimum absolute atomic E-state index is 0.0444. The van der Waals surface area contributed by atoms with Crippen LogP contribution in [0.1, 0.15) is 16.5 Å². The molecule has 1 heterocycles. The summed E-state index contributed by atoms with van der Waals surface area (Å²) in [5.74, 6) is 0.862. The van der Waals surface area contributed by atoms with E-state index in [0.717, 1.165) is 17.7 Å². The number of methoxy groups -OCH3 is 1. The molecule has 2 aromatic rings. The number of pyridine rings is 1. The molecule has 1 atom stereocenters. The third-order valence-corrected chi connectivity index (χ3v) is 3.03. The highest BCUT2D eigenvalue weighted by Crippen LogP contribution is 2.24. The molecule has 1 unspecified atom stereocenters. The van der Waals surface area contributed by atoms with Gasteiger partial charge in [0.2, 0.25) is 0 Å². The average Bonchev–Trinajstić information content (AvgIpc) is 2.40. The van der Waals surface area contributed by atoms with Crippen LogP contribution in [0.4, 0.5) is 0 Å². The van der Waals surface area contributed by atoms with Gasteiger partial charge in [-0.3, -0.25) is 4.98 Å². The molecule has 0 spiro atoms. The Morgan fingerprint density at radius 3 is 2.59 bits per heavy atom. The first-order chi connectivity index (χ1) is 8.29. The number of alkyl halides is 1. The van der Waals surface area contributed by atoms with Crippen LogP contribution in [0.2, 0.25) is 0 Å². The third kappa shape index (κ3) is 3.21. The lowest BCUT2D eigenvalue weighted by atomic mass is 10.1. The van der Waals surface area contributed by atoms with E-state index < -0.39 is 0 Å². The molecule has 3 heteroatoms. The van der Waals surface area contributed by atoms with E-state index >= 15 is 0 Å². The number of benzene rings is 1. The zero-order valence-electron chi connectivity index (χ0n) is 9.64. The monoisotopic (exact) mass is 247 g/mol. The Balaban J connectivity index is 2.05. The first kappa shape index (κ1) is 11.9. The van der Waals surface area contributed by atoms with E-state index in [4.69, 9.17) is 16.3 Å². The second kappa shape index (κ2) is 5.69. The van der Waals surface area contributed by atoms with E-state index in [1.807, 2.05) is 36.4 Å². The lowest BCUT2D eigenvalue weighted by molar-refractivity contribution is 0.414. The maximum atomic E-state index is 6.34. The van der Waals surface area contributed by atoms with E-state index in [1.54, 1.807) is 19.5 Å². The first-order valence-electron chi connectivity index (χ1n) is 5.46. The van der Waals surface area contributed by atoms with Gasteiger partial charge in [-0.05, 0) is 35.7 Å². The highest BCUT2D eigenvalue weighted by molar-refractivity contribution is 6.20. The number of rotatable bonds is 4. The van der Waals surface area contributed by atoms with Crippen molar-refractivity contribution >= 4 is 11.6 Å². The second-order valence-electron chi connectivity index (χ2n) is 3.81. The zero-order valence-corrected chi connectivity index (χ0v) is 10.4. The number of hydrogen-bond acceptors (Lipinski definition) is 2. The van der Waals surface area contributed by atoms with Crippen molar-refractivity contribution in [3.8, 4) is 5.75 Å². The lowest BCUT2D eigenvalue weighted by Gasteiger charge is -2.09. The quantitative estimate of drug-likeness (QED) is 0.770. The van der Waals surface area contributed by atoms with Gasteiger partial charge in [0, 0.05) is 12.4 Å². The van der Waals surface area contributed by atoms with Gasteiger partial charge in [-0.25, -0.2) is 0 Å². The van der Waals surface area contributed by atoms with Crippen LogP contribution < -0.4 is 4.74 Å². The lowest BCUT2D eigenvalue weighted by Crippen LogP contribution is -1.96. The van der Waals surface area contributed by atoms with Crippen LogP contribution in [0.3, 0.4) is 0 Å². The van der Waals surface area contributed by atoms with Crippen LogP contribution in [0.15, 0.2) is 48.8 Å². The molecular weight excluding hydrogens is 234 g/mol. The summed E-state index contributed by atoms with van der Waals surface area (Å²) in [7, 11) is 1.66. The van der Waals surface area contributed by atoms with Crippen molar-refractivity contribution < 1.29 is 4.74 Å². The summed E-state index contributed by atoms with van der Waals surface area (Å²) in [4.78, 5) is 4.07. The SMILES string of the molecule is COc1ccc(CC(Cl)c2cccnc2)cc1. The van der Waals surface area contributed by atoms with Crippen molar-refractivity contribution in [3.05, 3.63) is 59.9 Å². The molecular formula is C14H14ClNO. The van der Waals surface area contributed by atoms with Gasteiger partial charge in [-0.2, -0.15) is 0 Å². The molecule has 2 rings (SSSR count). The summed E-state index contributed by atoms with van der Waals surface area (Å²) in [6.45, 7) is 0. The van der Waals surface area contributed by atoms with Crippen LogP contribution in [0.25, 0.3) is 0 Å². The van der Waals surface area contributed by atoms with Crippen molar-refractivity contribution in [2.45, 2.75) is 11.8 Å². The Morgan fingerprint density at radius 2 is 2.00 bits per heavy atom. The highest BCUT2D eigenvalue weighted by Gasteiger charge is 2.08. The standard InChI is InChI=1S/C14H14ClNO/c1-17-13-6-4-11(5-7-13)9-14(15)12-3-2-8-16-10-12/h2-8,10,14H,9H2,1H3. The Morgan fingerprint density at radius 1 is 1.24 bits per heavy atom. The summed E-state index contributed by atoms with van der Waals surface area (Å²) >= 11 is 6.34. The fraction of sp³-hybridized carbons (Fsp3) is 0.214. The molecule has 0 N–H and O–H groups in total. The van der Waals surface area contributed by atoms with Gasteiger partial charge in [0.1, 0.15) is 5.75 Å². The number of aromatic nitrogens is 1.